The third-order valence-electron chi connectivity index (χ3n) is 5.13. The standard InChI is InChI=1S/C22H22N4OS/c1-13-21-19(25-22(23)24-13)11-15(12-20(21)27)18-9-4-3-8-17(18)14-6-5-7-16(10-14)26-28-2/h3-10,15,26H,11-12H2,1-2H3,(H2,23,24,25). The second-order valence-corrected chi connectivity index (χ2v) is 7.60. The maximum atomic E-state index is 12.9. The van der Waals surface area contributed by atoms with Crippen molar-refractivity contribution in [3.8, 4) is 11.1 Å². The minimum atomic E-state index is 0.0714. The van der Waals surface area contributed by atoms with Crippen LogP contribution < -0.4 is 10.5 Å². The van der Waals surface area contributed by atoms with Crippen LogP contribution in [-0.4, -0.2) is 22.0 Å². The van der Waals surface area contributed by atoms with Gasteiger partial charge in [-0.15, -0.1) is 0 Å². The number of nitrogens with one attached hydrogen (secondary N) is 1. The summed E-state index contributed by atoms with van der Waals surface area (Å²) in [4.78, 5) is 21.4. The Balaban J connectivity index is 1.75. The summed E-state index contributed by atoms with van der Waals surface area (Å²) < 4.78 is 3.28. The second-order valence-electron chi connectivity index (χ2n) is 6.99. The normalized spacial score (nSPS) is 15.9. The Bertz CT molecular complexity index is 1050. The van der Waals surface area contributed by atoms with Crippen molar-refractivity contribution in [2.24, 2.45) is 0 Å². The van der Waals surface area contributed by atoms with E-state index in [-0.39, 0.29) is 17.6 Å². The van der Waals surface area contributed by atoms with E-state index < -0.39 is 0 Å². The lowest BCUT2D eigenvalue weighted by molar-refractivity contribution is 0.0962. The average molecular weight is 391 g/mol. The predicted octanol–water partition coefficient (Wildman–Crippen LogP) is 4.64. The number of aryl methyl sites for hydroxylation is 1. The molecule has 1 aliphatic carbocycles. The fraction of sp³-hybridized carbons (Fsp3) is 0.227. The lowest BCUT2D eigenvalue weighted by Gasteiger charge is -2.26. The first-order valence-corrected chi connectivity index (χ1v) is 10.4. The van der Waals surface area contributed by atoms with E-state index in [0.29, 0.717) is 24.1 Å². The molecule has 1 atom stereocenters. The zero-order valence-electron chi connectivity index (χ0n) is 15.9. The van der Waals surface area contributed by atoms with Gasteiger partial charge in [0.15, 0.2) is 5.78 Å². The van der Waals surface area contributed by atoms with E-state index >= 15 is 0 Å². The Morgan fingerprint density at radius 2 is 1.93 bits per heavy atom. The second kappa shape index (κ2) is 7.64. The molecule has 5 nitrogen and oxygen atoms in total. The molecular formula is C22H22N4OS. The van der Waals surface area contributed by atoms with Crippen LogP contribution in [0.2, 0.25) is 0 Å². The van der Waals surface area contributed by atoms with Crippen LogP contribution in [0.1, 0.15) is 39.6 Å². The molecule has 0 radical (unpaired) electrons. The van der Waals surface area contributed by atoms with Crippen molar-refractivity contribution >= 4 is 29.4 Å². The van der Waals surface area contributed by atoms with Crippen LogP contribution in [-0.2, 0) is 6.42 Å². The number of nitrogens with two attached hydrogens (primary N) is 1. The molecule has 0 saturated heterocycles. The number of nitrogen functional groups attached to an aromatic ring is 1. The number of hydrogen-bond donors (Lipinski definition) is 2. The molecule has 0 aliphatic heterocycles. The molecule has 28 heavy (non-hydrogen) atoms. The maximum absolute atomic E-state index is 12.9. The molecule has 0 bridgehead atoms. The Morgan fingerprint density at radius 1 is 1.11 bits per heavy atom. The fourth-order valence-corrected chi connectivity index (χ4v) is 4.36. The highest BCUT2D eigenvalue weighted by Crippen LogP contribution is 2.38. The Hall–Kier alpha value is -2.86. The van der Waals surface area contributed by atoms with E-state index in [9.17, 15) is 4.79 Å². The van der Waals surface area contributed by atoms with Gasteiger partial charge in [0, 0.05) is 18.4 Å². The molecule has 4 rings (SSSR count). The minimum absolute atomic E-state index is 0.0714. The molecule has 1 aromatic heterocycles. The van der Waals surface area contributed by atoms with Gasteiger partial charge in [-0.1, -0.05) is 48.3 Å². The quantitative estimate of drug-likeness (QED) is 0.632. The van der Waals surface area contributed by atoms with E-state index in [1.807, 2.05) is 37.4 Å². The first kappa shape index (κ1) is 18.5. The molecule has 3 N–H and O–H groups in total. The van der Waals surface area contributed by atoms with E-state index in [1.165, 1.54) is 0 Å². The number of fused-ring (bicyclic) bond motifs is 1. The van der Waals surface area contributed by atoms with Crippen molar-refractivity contribution < 1.29 is 4.79 Å². The molecule has 2 aromatic carbocycles. The summed E-state index contributed by atoms with van der Waals surface area (Å²) >= 11 is 1.57. The van der Waals surface area contributed by atoms with Gasteiger partial charge < -0.3 is 10.5 Å². The molecular weight excluding hydrogens is 368 g/mol. The molecule has 6 heteroatoms. The van der Waals surface area contributed by atoms with Crippen LogP contribution in [0.15, 0.2) is 48.5 Å². The highest BCUT2D eigenvalue weighted by molar-refractivity contribution is 7.99. The molecule has 1 aliphatic rings. The Morgan fingerprint density at radius 3 is 2.75 bits per heavy atom. The number of Topliss-reactive ketones (excluding diaryl/α,β-unsaturated/α-hetero) is 1. The van der Waals surface area contributed by atoms with Gasteiger partial charge in [-0.05, 0) is 48.1 Å². The highest BCUT2D eigenvalue weighted by atomic mass is 32.2. The number of carbonyl (C=O) groups excluding carboxylic acids is 1. The Labute approximate surface area is 168 Å². The number of aromatic nitrogens is 2. The van der Waals surface area contributed by atoms with Gasteiger partial charge in [0.1, 0.15) is 0 Å². The SMILES string of the molecule is CSNc1cccc(-c2ccccc2C2CC(=O)c3c(C)nc(N)nc3C2)c1. The lowest BCUT2D eigenvalue weighted by atomic mass is 9.78. The van der Waals surface area contributed by atoms with E-state index in [0.717, 1.165) is 28.1 Å². The molecule has 0 amide bonds. The van der Waals surface area contributed by atoms with Crippen molar-refractivity contribution in [1.29, 1.82) is 0 Å². The monoisotopic (exact) mass is 390 g/mol. The van der Waals surface area contributed by atoms with Gasteiger partial charge in [0.25, 0.3) is 0 Å². The molecule has 0 saturated carbocycles. The number of rotatable bonds is 4. The molecule has 142 valence electrons. The first-order chi connectivity index (χ1) is 13.6. The number of nitrogens with zero attached hydrogens (tertiary/aromatic N) is 2. The van der Waals surface area contributed by atoms with Crippen LogP contribution in [0, 0.1) is 6.92 Å². The lowest BCUT2D eigenvalue weighted by Crippen LogP contribution is -2.23. The molecule has 0 spiro atoms. The van der Waals surface area contributed by atoms with Gasteiger partial charge >= 0.3 is 0 Å². The molecule has 0 fully saturated rings. The third-order valence-corrected chi connectivity index (χ3v) is 5.57. The summed E-state index contributed by atoms with van der Waals surface area (Å²) in [6.45, 7) is 1.83. The number of hydrogen-bond acceptors (Lipinski definition) is 6. The predicted molar refractivity (Wildman–Crippen MR) is 116 cm³/mol. The van der Waals surface area contributed by atoms with Crippen molar-refractivity contribution in [3.63, 3.8) is 0 Å². The van der Waals surface area contributed by atoms with Crippen molar-refractivity contribution in [2.45, 2.75) is 25.7 Å². The zero-order chi connectivity index (χ0) is 19.7. The van der Waals surface area contributed by atoms with Crippen LogP contribution in [0.3, 0.4) is 0 Å². The molecule has 1 heterocycles. The van der Waals surface area contributed by atoms with Crippen LogP contribution in [0.5, 0.6) is 0 Å². The van der Waals surface area contributed by atoms with Crippen molar-refractivity contribution in [2.75, 3.05) is 16.7 Å². The molecule has 3 aromatic rings. The highest BCUT2D eigenvalue weighted by Gasteiger charge is 2.30. The zero-order valence-corrected chi connectivity index (χ0v) is 16.7. The minimum Gasteiger partial charge on any atom is -0.368 e. The fourth-order valence-electron chi connectivity index (χ4n) is 4.00. The summed E-state index contributed by atoms with van der Waals surface area (Å²) in [6.07, 6.45) is 3.15. The number of carbonyl (C=O) groups is 1. The van der Waals surface area contributed by atoms with E-state index in [1.54, 1.807) is 11.9 Å². The van der Waals surface area contributed by atoms with Crippen molar-refractivity contribution in [1.82, 2.24) is 9.97 Å². The van der Waals surface area contributed by atoms with Gasteiger partial charge in [-0.25, -0.2) is 9.97 Å². The number of anilines is 2. The van der Waals surface area contributed by atoms with Crippen molar-refractivity contribution in [3.05, 3.63) is 71.0 Å². The summed E-state index contributed by atoms with van der Waals surface area (Å²) in [7, 11) is 0. The number of benzene rings is 2. The maximum Gasteiger partial charge on any atom is 0.220 e. The summed E-state index contributed by atoms with van der Waals surface area (Å²) in [5.74, 6) is 0.396. The first-order valence-electron chi connectivity index (χ1n) is 9.21. The third kappa shape index (κ3) is 3.47. The summed E-state index contributed by atoms with van der Waals surface area (Å²) in [5.41, 5.74) is 12.4. The summed E-state index contributed by atoms with van der Waals surface area (Å²) in [6, 6.07) is 16.6. The Kier molecular flexibility index (Phi) is 5.05. The van der Waals surface area contributed by atoms with E-state index in [2.05, 4.69) is 39.0 Å². The van der Waals surface area contributed by atoms with Gasteiger partial charge in [0.05, 0.1) is 17.0 Å². The smallest absolute Gasteiger partial charge is 0.220 e. The van der Waals surface area contributed by atoms with E-state index in [4.69, 9.17) is 5.73 Å². The van der Waals surface area contributed by atoms with Gasteiger partial charge in [-0.2, -0.15) is 0 Å². The largest absolute Gasteiger partial charge is 0.368 e. The molecule has 1 unspecified atom stereocenters. The van der Waals surface area contributed by atoms with Crippen LogP contribution >= 0.6 is 11.9 Å². The summed E-state index contributed by atoms with van der Waals surface area (Å²) in [5, 5.41) is 0. The van der Waals surface area contributed by atoms with Gasteiger partial charge in [-0.3, -0.25) is 4.79 Å². The average Bonchev–Trinajstić information content (AvgIpc) is 2.67. The van der Waals surface area contributed by atoms with Crippen LogP contribution in [0.4, 0.5) is 11.6 Å². The topological polar surface area (TPSA) is 80.9 Å². The number of ketones is 1. The van der Waals surface area contributed by atoms with Gasteiger partial charge in [0.2, 0.25) is 5.95 Å². The van der Waals surface area contributed by atoms with Crippen LogP contribution in [0.25, 0.3) is 11.1 Å².